The standard InChI is InChI=1S/C12H16N2O4/c1-12(2,3)9(11(17)18)14-10(16)7-4-5-8(15)13-6-7/h4-6,9H,1-3H3,(H,13,15)(H,14,16)(H,17,18)/t9-/m1/s1. The Morgan fingerprint density at radius 1 is 1.33 bits per heavy atom. The van der Waals surface area contributed by atoms with Crippen molar-refractivity contribution in [2.24, 2.45) is 5.41 Å². The third kappa shape index (κ3) is 3.44. The van der Waals surface area contributed by atoms with E-state index in [2.05, 4.69) is 10.3 Å². The topological polar surface area (TPSA) is 99.3 Å². The number of pyridine rings is 1. The molecule has 0 aliphatic rings. The molecule has 0 fully saturated rings. The smallest absolute Gasteiger partial charge is 0.326 e. The van der Waals surface area contributed by atoms with Crippen LogP contribution in [0.15, 0.2) is 23.1 Å². The molecular weight excluding hydrogens is 236 g/mol. The van der Waals surface area contributed by atoms with Crippen molar-refractivity contribution in [3.63, 3.8) is 0 Å². The van der Waals surface area contributed by atoms with Crippen molar-refractivity contribution in [2.75, 3.05) is 0 Å². The largest absolute Gasteiger partial charge is 0.480 e. The first-order chi connectivity index (χ1) is 8.21. The highest BCUT2D eigenvalue weighted by molar-refractivity contribution is 5.96. The summed E-state index contributed by atoms with van der Waals surface area (Å²) in [7, 11) is 0. The number of hydrogen-bond donors (Lipinski definition) is 3. The Hall–Kier alpha value is -2.11. The van der Waals surface area contributed by atoms with Gasteiger partial charge in [-0.1, -0.05) is 20.8 Å². The van der Waals surface area contributed by atoms with Crippen molar-refractivity contribution in [1.29, 1.82) is 0 Å². The second kappa shape index (κ2) is 5.03. The molecule has 1 aromatic rings. The van der Waals surface area contributed by atoms with E-state index in [1.165, 1.54) is 18.3 Å². The zero-order chi connectivity index (χ0) is 13.9. The van der Waals surface area contributed by atoms with E-state index in [4.69, 9.17) is 5.11 Å². The Morgan fingerprint density at radius 3 is 2.33 bits per heavy atom. The first-order valence-electron chi connectivity index (χ1n) is 5.44. The summed E-state index contributed by atoms with van der Waals surface area (Å²) in [5.41, 5.74) is -0.716. The van der Waals surface area contributed by atoms with Crippen LogP contribution < -0.4 is 10.9 Å². The monoisotopic (exact) mass is 252 g/mol. The maximum Gasteiger partial charge on any atom is 0.326 e. The number of carboxylic acid groups (broad SMARTS) is 1. The van der Waals surface area contributed by atoms with E-state index < -0.39 is 23.3 Å². The molecule has 3 N–H and O–H groups in total. The lowest BCUT2D eigenvalue weighted by molar-refractivity contribution is -0.142. The molecule has 0 radical (unpaired) electrons. The Balaban J connectivity index is 2.89. The number of aliphatic carboxylic acids is 1. The minimum Gasteiger partial charge on any atom is -0.480 e. The van der Waals surface area contributed by atoms with Crippen molar-refractivity contribution in [1.82, 2.24) is 10.3 Å². The Morgan fingerprint density at radius 2 is 1.94 bits per heavy atom. The lowest BCUT2D eigenvalue weighted by Gasteiger charge is -2.27. The van der Waals surface area contributed by atoms with E-state index >= 15 is 0 Å². The van der Waals surface area contributed by atoms with Gasteiger partial charge in [-0.3, -0.25) is 9.59 Å². The van der Waals surface area contributed by atoms with Gasteiger partial charge < -0.3 is 15.4 Å². The highest BCUT2D eigenvalue weighted by atomic mass is 16.4. The number of nitrogens with one attached hydrogen (secondary N) is 2. The number of aromatic nitrogens is 1. The molecule has 0 bridgehead atoms. The van der Waals surface area contributed by atoms with Gasteiger partial charge in [-0.05, 0) is 11.5 Å². The molecular formula is C12H16N2O4. The van der Waals surface area contributed by atoms with E-state index in [0.29, 0.717) is 0 Å². The third-order valence-corrected chi connectivity index (χ3v) is 2.43. The van der Waals surface area contributed by atoms with E-state index in [9.17, 15) is 14.4 Å². The molecule has 1 atom stereocenters. The number of hydrogen-bond acceptors (Lipinski definition) is 3. The summed E-state index contributed by atoms with van der Waals surface area (Å²) in [5.74, 6) is -1.63. The zero-order valence-electron chi connectivity index (χ0n) is 10.5. The second-order valence-electron chi connectivity index (χ2n) is 5.05. The molecule has 6 nitrogen and oxygen atoms in total. The molecule has 0 aliphatic heterocycles. The summed E-state index contributed by atoms with van der Waals surface area (Å²) in [6.45, 7) is 5.16. The predicted molar refractivity (Wildman–Crippen MR) is 65.4 cm³/mol. The SMILES string of the molecule is CC(C)(C)[C@H](NC(=O)c1ccc(=O)[nH]c1)C(=O)O. The predicted octanol–water partition coefficient (Wildman–Crippen LogP) is 0.604. The summed E-state index contributed by atoms with van der Waals surface area (Å²) < 4.78 is 0. The molecule has 1 aromatic heterocycles. The number of H-pyrrole nitrogens is 1. The average molecular weight is 252 g/mol. The second-order valence-corrected chi connectivity index (χ2v) is 5.05. The van der Waals surface area contributed by atoms with Crippen LogP contribution in [0.25, 0.3) is 0 Å². The normalized spacial score (nSPS) is 12.8. The van der Waals surface area contributed by atoms with Crippen LogP contribution >= 0.6 is 0 Å². The Labute approximate surface area is 104 Å². The van der Waals surface area contributed by atoms with Gasteiger partial charge in [0, 0.05) is 12.3 Å². The van der Waals surface area contributed by atoms with E-state index in [1.807, 2.05) is 0 Å². The summed E-state index contributed by atoms with van der Waals surface area (Å²) in [6, 6.07) is 1.55. The van der Waals surface area contributed by atoms with Crippen LogP contribution in [0, 0.1) is 5.41 Å². The van der Waals surface area contributed by atoms with Crippen LogP contribution in [0.4, 0.5) is 0 Å². The van der Waals surface area contributed by atoms with Crippen LogP contribution in [0.5, 0.6) is 0 Å². The van der Waals surface area contributed by atoms with Crippen LogP contribution in [0.3, 0.4) is 0 Å². The quantitative estimate of drug-likeness (QED) is 0.733. The van der Waals surface area contributed by atoms with Crippen LogP contribution in [-0.2, 0) is 4.79 Å². The first kappa shape index (κ1) is 14.0. The minimum atomic E-state index is -1.10. The van der Waals surface area contributed by atoms with Crippen molar-refractivity contribution in [2.45, 2.75) is 26.8 Å². The van der Waals surface area contributed by atoms with Crippen LogP contribution in [-0.4, -0.2) is 28.0 Å². The van der Waals surface area contributed by atoms with Crippen LogP contribution in [0.2, 0.25) is 0 Å². The highest BCUT2D eigenvalue weighted by Crippen LogP contribution is 2.19. The minimum absolute atomic E-state index is 0.213. The molecule has 0 saturated heterocycles. The molecule has 6 heteroatoms. The fourth-order valence-corrected chi connectivity index (χ4v) is 1.41. The van der Waals surface area contributed by atoms with Gasteiger partial charge in [-0.15, -0.1) is 0 Å². The van der Waals surface area contributed by atoms with Gasteiger partial charge >= 0.3 is 5.97 Å². The summed E-state index contributed by atoms with van der Waals surface area (Å²) in [5, 5.41) is 11.5. The van der Waals surface area contributed by atoms with Gasteiger partial charge in [0.25, 0.3) is 5.91 Å². The van der Waals surface area contributed by atoms with Crippen molar-refractivity contribution in [3.05, 3.63) is 34.2 Å². The molecule has 1 amide bonds. The molecule has 98 valence electrons. The van der Waals surface area contributed by atoms with Crippen molar-refractivity contribution in [3.8, 4) is 0 Å². The van der Waals surface area contributed by atoms with E-state index in [-0.39, 0.29) is 11.1 Å². The summed E-state index contributed by atoms with van der Waals surface area (Å²) in [6.07, 6.45) is 1.25. The van der Waals surface area contributed by atoms with Gasteiger partial charge in [0.05, 0.1) is 5.56 Å². The lowest BCUT2D eigenvalue weighted by Crippen LogP contribution is -2.49. The van der Waals surface area contributed by atoms with Crippen molar-refractivity contribution < 1.29 is 14.7 Å². The average Bonchev–Trinajstić information content (AvgIpc) is 2.24. The summed E-state index contributed by atoms with van der Waals surface area (Å²) in [4.78, 5) is 36.1. The number of carboxylic acids is 1. The molecule has 0 saturated carbocycles. The number of aromatic amines is 1. The fourth-order valence-electron chi connectivity index (χ4n) is 1.41. The highest BCUT2D eigenvalue weighted by Gasteiger charge is 2.32. The molecule has 0 aromatic carbocycles. The molecule has 1 heterocycles. The molecule has 0 spiro atoms. The fraction of sp³-hybridized carbons (Fsp3) is 0.417. The van der Waals surface area contributed by atoms with Gasteiger partial charge in [0.2, 0.25) is 5.56 Å². The number of rotatable bonds is 3. The molecule has 18 heavy (non-hydrogen) atoms. The van der Waals surface area contributed by atoms with E-state index in [1.54, 1.807) is 20.8 Å². The van der Waals surface area contributed by atoms with Gasteiger partial charge in [-0.25, -0.2) is 4.79 Å². The van der Waals surface area contributed by atoms with Crippen LogP contribution in [0.1, 0.15) is 31.1 Å². The molecule has 1 rings (SSSR count). The maximum absolute atomic E-state index is 11.8. The number of carbonyl (C=O) groups excluding carboxylic acids is 1. The van der Waals surface area contributed by atoms with Gasteiger partial charge in [-0.2, -0.15) is 0 Å². The Kier molecular flexibility index (Phi) is 3.90. The third-order valence-electron chi connectivity index (χ3n) is 2.43. The maximum atomic E-state index is 11.8. The van der Waals surface area contributed by atoms with E-state index in [0.717, 1.165) is 0 Å². The Bertz CT molecular complexity index is 493. The van der Waals surface area contributed by atoms with Gasteiger partial charge in [0.15, 0.2) is 0 Å². The summed E-state index contributed by atoms with van der Waals surface area (Å²) >= 11 is 0. The first-order valence-corrected chi connectivity index (χ1v) is 5.44. The van der Waals surface area contributed by atoms with Crippen molar-refractivity contribution >= 4 is 11.9 Å². The zero-order valence-corrected chi connectivity index (χ0v) is 10.5. The number of carbonyl (C=O) groups is 2. The molecule has 0 unspecified atom stereocenters. The molecule has 0 aliphatic carbocycles. The number of amides is 1. The lowest BCUT2D eigenvalue weighted by atomic mass is 9.86. The van der Waals surface area contributed by atoms with Gasteiger partial charge in [0.1, 0.15) is 6.04 Å².